The summed E-state index contributed by atoms with van der Waals surface area (Å²) in [5.41, 5.74) is 0. The quantitative estimate of drug-likeness (QED) is 0.0482. The zero-order valence-corrected chi connectivity index (χ0v) is 24.5. The third kappa shape index (κ3) is 17.2. The minimum Gasteiger partial charge on any atom is -0.463 e. The third-order valence-corrected chi connectivity index (χ3v) is 7.67. The second-order valence-electron chi connectivity index (χ2n) is 11.2. The molecule has 2 heterocycles. The van der Waals surface area contributed by atoms with Gasteiger partial charge in [0.15, 0.2) is 0 Å². The lowest BCUT2D eigenvalue weighted by atomic mass is 10.1. The van der Waals surface area contributed by atoms with E-state index in [0.717, 1.165) is 50.7 Å². The van der Waals surface area contributed by atoms with Gasteiger partial charge in [0.2, 0.25) is 0 Å². The Hall–Kier alpha value is -1.40. The molecule has 0 aromatic rings. The van der Waals surface area contributed by atoms with Crippen molar-refractivity contribution in [1.29, 1.82) is 0 Å². The van der Waals surface area contributed by atoms with Crippen LogP contribution in [0.1, 0.15) is 142 Å². The third-order valence-electron chi connectivity index (χ3n) is 7.67. The van der Waals surface area contributed by atoms with Crippen molar-refractivity contribution < 1.29 is 28.5 Å². The normalized spacial score (nSPS) is 22.1. The van der Waals surface area contributed by atoms with Crippen molar-refractivity contribution in [3.8, 4) is 0 Å². The zero-order valence-electron chi connectivity index (χ0n) is 24.5. The molecule has 0 aromatic carbocycles. The monoisotopic (exact) mass is 536 g/mol. The van der Waals surface area contributed by atoms with Crippen molar-refractivity contribution in [3.63, 3.8) is 0 Å². The van der Waals surface area contributed by atoms with E-state index in [9.17, 15) is 9.59 Å². The largest absolute Gasteiger partial charge is 0.463 e. The first-order valence-corrected chi connectivity index (χ1v) is 16.0. The van der Waals surface area contributed by atoms with Gasteiger partial charge < -0.3 is 18.9 Å². The van der Waals surface area contributed by atoms with E-state index in [0.29, 0.717) is 37.6 Å². The summed E-state index contributed by atoms with van der Waals surface area (Å²) in [5, 5.41) is 0. The maximum absolute atomic E-state index is 11.8. The van der Waals surface area contributed by atoms with Gasteiger partial charge in [0, 0.05) is 12.2 Å². The molecule has 0 aliphatic carbocycles. The number of unbranched alkanes of at least 4 members (excludes halogenated alkanes) is 12. The van der Waals surface area contributed by atoms with Gasteiger partial charge in [-0.2, -0.15) is 0 Å². The van der Waals surface area contributed by atoms with E-state index in [1.165, 1.54) is 89.9 Å². The molecule has 0 amide bonds. The highest BCUT2D eigenvalue weighted by molar-refractivity contribution is 5.91. The molecule has 4 unspecified atom stereocenters. The molecule has 0 N–H and O–H groups in total. The average molecular weight is 537 g/mol. The molecule has 38 heavy (non-hydrogen) atoms. The van der Waals surface area contributed by atoms with Crippen LogP contribution in [0.4, 0.5) is 0 Å². The number of hydrogen-bond acceptors (Lipinski definition) is 6. The van der Waals surface area contributed by atoms with Gasteiger partial charge in [0.1, 0.15) is 0 Å². The Balaban J connectivity index is 1.33. The fourth-order valence-corrected chi connectivity index (χ4v) is 5.13. The molecule has 0 bridgehead atoms. The lowest BCUT2D eigenvalue weighted by Gasteiger charge is -2.02. The topological polar surface area (TPSA) is 77.7 Å². The molecule has 4 atom stereocenters. The minimum atomic E-state index is -0.502. The predicted molar refractivity (Wildman–Crippen MR) is 152 cm³/mol. The maximum atomic E-state index is 11.8. The van der Waals surface area contributed by atoms with Gasteiger partial charge in [-0.1, -0.05) is 104 Å². The van der Waals surface area contributed by atoms with Crippen LogP contribution in [0.15, 0.2) is 12.2 Å². The molecule has 2 aliphatic heterocycles. The Morgan fingerprint density at radius 2 is 0.816 bits per heavy atom. The summed E-state index contributed by atoms with van der Waals surface area (Å²) in [4.78, 5) is 23.6. The summed E-state index contributed by atoms with van der Waals surface area (Å²) in [6, 6.07) is 0. The molecule has 2 fully saturated rings. The average Bonchev–Trinajstić information content (AvgIpc) is 3.84. The van der Waals surface area contributed by atoms with E-state index < -0.39 is 11.9 Å². The second-order valence-corrected chi connectivity index (χ2v) is 11.2. The Bertz CT molecular complexity index is 594. The van der Waals surface area contributed by atoms with E-state index >= 15 is 0 Å². The van der Waals surface area contributed by atoms with Crippen molar-refractivity contribution in [2.24, 2.45) is 0 Å². The first kappa shape index (κ1) is 32.8. The van der Waals surface area contributed by atoms with Crippen LogP contribution in [-0.2, 0) is 28.5 Å². The summed E-state index contributed by atoms with van der Waals surface area (Å²) in [7, 11) is 0. The van der Waals surface area contributed by atoms with Crippen LogP contribution in [0, 0.1) is 0 Å². The predicted octanol–water partition coefficient (Wildman–Crippen LogP) is 8.01. The maximum Gasteiger partial charge on any atom is 0.331 e. The Labute approximate surface area is 232 Å². The number of ether oxygens (including phenoxy) is 4. The van der Waals surface area contributed by atoms with E-state index in [1.807, 2.05) is 0 Å². The summed E-state index contributed by atoms with van der Waals surface area (Å²) in [6.07, 6.45) is 28.0. The summed E-state index contributed by atoms with van der Waals surface area (Å²) >= 11 is 0. The molecule has 6 nitrogen and oxygen atoms in total. The highest BCUT2D eigenvalue weighted by Crippen LogP contribution is 2.32. The van der Waals surface area contributed by atoms with Crippen LogP contribution in [0.2, 0.25) is 0 Å². The van der Waals surface area contributed by atoms with Crippen LogP contribution >= 0.6 is 0 Å². The van der Waals surface area contributed by atoms with Gasteiger partial charge in [-0.15, -0.1) is 0 Å². The summed E-state index contributed by atoms with van der Waals surface area (Å²) < 4.78 is 21.8. The lowest BCUT2D eigenvalue weighted by Crippen LogP contribution is -2.07. The van der Waals surface area contributed by atoms with Crippen LogP contribution < -0.4 is 0 Å². The Kier molecular flexibility index (Phi) is 18.5. The minimum absolute atomic E-state index is 0.330. The molecule has 220 valence electrons. The summed E-state index contributed by atoms with van der Waals surface area (Å²) in [6.45, 7) is 5.20. The van der Waals surface area contributed by atoms with Gasteiger partial charge in [0.25, 0.3) is 0 Å². The van der Waals surface area contributed by atoms with Crippen molar-refractivity contribution in [2.75, 3.05) is 13.2 Å². The fraction of sp³-hybridized carbons (Fsp3) is 0.875. The molecule has 2 aliphatic rings. The lowest BCUT2D eigenvalue weighted by molar-refractivity contribution is -0.140. The molecule has 0 spiro atoms. The van der Waals surface area contributed by atoms with E-state index in [1.54, 1.807) is 0 Å². The second kappa shape index (κ2) is 21.4. The highest BCUT2D eigenvalue weighted by atomic mass is 16.6. The van der Waals surface area contributed by atoms with Crippen molar-refractivity contribution >= 4 is 11.9 Å². The molecule has 0 radical (unpaired) electrons. The molecular weight excluding hydrogens is 480 g/mol. The molecule has 0 aromatic heterocycles. The van der Waals surface area contributed by atoms with E-state index in [2.05, 4.69) is 13.8 Å². The zero-order chi connectivity index (χ0) is 27.3. The molecule has 2 rings (SSSR count). The van der Waals surface area contributed by atoms with Crippen molar-refractivity contribution in [1.82, 2.24) is 0 Å². The van der Waals surface area contributed by atoms with E-state index in [-0.39, 0.29) is 0 Å². The number of carbonyl (C=O) groups excluding carboxylic acids is 2. The van der Waals surface area contributed by atoms with Gasteiger partial charge in [-0.3, -0.25) is 0 Å². The smallest absolute Gasteiger partial charge is 0.331 e. The number of hydrogen-bond donors (Lipinski definition) is 0. The first-order valence-electron chi connectivity index (χ1n) is 16.0. The molecule has 6 heteroatoms. The van der Waals surface area contributed by atoms with Gasteiger partial charge >= 0.3 is 11.9 Å². The van der Waals surface area contributed by atoms with Gasteiger partial charge in [0.05, 0.1) is 37.6 Å². The van der Waals surface area contributed by atoms with Gasteiger partial charge in [-0.25, -0.2) is 9.59 Å². The Morgan fingerprint density at radius 3 is 1.18 bits per heavy atom. The Morgan fingerprint density at radius 1 is 0.500 bits per heavy atom. The standard InChI is InChI=1S/C32H56O6/c1-3-5-7-9-11-13-15-19-27-29(37-27)21-17-25-35-31(33)23-24-32(34)36-26-18-22-30-28(38-30)20-16-14-12-10-8-6-4-2/h23-24,27-30H,3-22,25-26H2,1-2H3. The number of rotatable bonds is 26. The van der Waals surface area contributed by atoms with Crippen LogP contribution in [0.3, 0.4) is 0 Å². The SMILES string of the molecule is CCCCCCCCCC1OC1CCCOC(=O)C=CC(=O)OCCCC1OC1CCCCCCCCC. The number of carbonyl (C=O) groups is 2. The van der Waals surface area contributed by atoms with Crippen molar-refractivity contribution in [2.45, 2.75) is 167 Å². The number of epoxide rings is 2. The van der Waals surface area contributed by atoms with Crippen LogP contribution in [-0.4, -0.2) is 49.6 Å². The van der Waals surface area contributed by atoms with E-state index in [4.69, 9.17) is 18.9 Å². The molecule has 2 saturated heterocycles. The molecular formula is C32H56O6. The van der Waals surface area contributed by atoms with Crippen LogP contribution in [0.5, 0.6) is 0 Å². The van der Waals surface area contributed by atoms with Gasteiger partial charge in [-0.05, 0) is 38.5 Å². The number of esters is 2. The highest BCUT2D eigenvalue weighted by Gasteiger charge is 2.37. The van der Waals surface area contributed by atoms with Crippen molar-refractivity contribution in [3.05, 3.63) is 12.2 Å². The fourth-order valence-electron chi connectivity index (χ4n) is 5.13. The summed E-state index contributed by atoms with van der Waals surface area (Å²) in [5.74, 6) is -1.00. The van der Waals surface area contributed by atoms with Crippen LogP contribution in [0.25, 0.3) is 0 Å². The first-order chi connectivity index (χ1) is 18.6. The molecule has 0 saturated carbocycles.